The number of aromatic nitrogens is 1. The Bertz CT molecular complexity index is 1780. The van der Waals surface area contributed by atoms with Gasteiger partial charge in [0, 0.05) is 29.6 Å². The van der Waals surface area contributed by atoms with Gasteiger partial charge in [0.1, 0.15) is 23.3 Å². The van der Waals surface area contributed by atoms with Crippen LogP contribution in [0.4, 0.5) is 0 Å². The molecule has 10 heteroatoms. The minimum absolute atomic E-state index is 0.172. The molecular weight excluding hydrogens is 558 g/mol. The molecule has 0 radical (unpaired) electrons. The number of carbonyl (C=O) groups is 1. The Morgan fingerprint density at radius 1 is 1.10 bits per heavy atom. The highest BCUT2D eigenvalue weighted by atomic mass is 32.2. The monoisotopic (exact) mass is 589 g/mol. The molecule has 1 aliphatic rings. The minimum atomic E-state index is -0.757. The number of hydrogen-bond acceptors (Lipinski definition) is 8. The lowest BCUT2D eigenvalue weighted by atomic mass is 9.93. The number of allylic oxidation sites excluding steroid dienone is 1. The van der Waals surface area contributed by atoms with Crippen molar-refractivity contribution in [2.24, 2.45) is 4.99 Å². The van der Waals surface area contributed by atoms with Crippen molar-refractivity contribution in [3.05, 3.63) is 103 Å². The Balaban J connectivity index is 1.66. The predicted molar refractivity (Wildman–Crippen MR) is 161 cm³/mol. The van der Waals surface area contributed by atoms with E-state index in [9.17, 15) is 9.59 Å². The lowest BCUT2D eigenvalue weighted by molar-refractivity contribution is -0.127. The lowest BCUT2D eigenvalue weighted by Crippen LogP contribution is -2.43. The van der Waals surface area contributed by atoms with Gasteiger partial charge in [-0.05, 0) is 63.2 Å². The highest BCUT2D eigenvalue weighted by molar-refractivity contribution is 7.99. The molecule has 0 saturated carbocycles. The number of benzene rings is 2. The van der Waals surface area contributed by atoms with Crippen molar-refractivity contribution in [2.75, 3.05) is 27.3 Å². The largest absolute Gasteiger partial charge is 0.497 e. The molecule has 1 atom stereocenters. The van der Waals surface area contributed by atoms with E-state index in [0.29, 0.717) is 56.5 Å². The Morgan fingerprint density at radius 2 is 1.85 bits per heavy atom. The zero-order valence-electron chi connectivity index (χ0n) is 23.5. The molecule has 0 saturated heterocycles. The van der Waals surface area contributed by atoms with Crippen LogP contribution in [0.2, 0.25) is 0 Å². The summed E-state index contributed by atoms with van der Waals surface area (Å²) in [5.41, 5.74) is 1.36. The van der Waals surface area contributed by atoms with Crippen LogP contribution in [0.3, 0.4) is 0 Å². The smallest absolute Gasteiger partial charge is 0.271 e. The number of methoxy groups -OCH3 is 2. The maximum Gasteiger partial charge on any atom is 0.271 e. The average molecular weight is 590 g/mol. The van der Waals surface area contributed by atoms with E-state index in [0.717, 1.165) is 9.99 Å². The van der Waals surface area contributed by atoms with Crippen LogP contribution in [-0.2, 0) is 4.79 Å². The summed E-state index contributed by atoms with van der Waals surface area (Å²) >= 11 is 2.77. The normalized spacial score (nSPS) is 15.0. The van der Waals surface area contributed by atoms with E-state index < -0.39 is 6.04 Å². The summed E-state index contributed by atoms with van der Waals surface area (Å²) in [5, 5.41) is 0.720. The van der Waals surface area contributed by atoms with Gasteiger partial charge in [0.25, 0.3) is 11.5 Å². The van der Waals surface area contributed by atoms with E-state index in [4.69, 9.17) is 18.9 Å². The summed E-state index contributed by atoms with van der Waals surface area (Å²) in [6.07, 6.45) is 1.73. The molecule has 0 fully saturated rings. The lowest BCUT2D eigenvalue weighted by Gasteiger charge is -2.30. The Hall–Kier alpha value is -4.02. The van der Waals surface area contributed by atoms with E-state index in [-0.39, 0.29) is 11.5 Å². The van der Waals surface area contributed by atoms with Gasteiger partial charge in [0.15, 0.2) is 9.89 Å². The first-order valence-electron chi connectivity index (χ1n) is 13.2. The number of nitrogens with zero attached hydrogens (tertiary/aromatic N) is 3. The fourth-order valence-electron chi connectivity index (χ4n) is 4.82. The molecule has 2 aromatic heterocycles. The van der Waals surface area contributed by atoms with Crippen molar-refractivity contribution in [1.82, 2.24) is 9.47 Å². The van der Waals surface area contributed by atoms with Crippen molar-refractivity contribution in [1.29, 1.82) is 0 Å². The van der Waals surface area contributed by atoms with Gasteiger partial charge >= 0.3 is 0 Å². The summed E-state index contributed by atoms with van der Waals surface area (Å²) in [4.78, 5) is 36.0. The molecule has 4 aromatic rings. The second kappa shape index (κ2) is 12.2. The summed E-state index contributed by atoms with van der Waals surface area (Å²) in [6.45, 7) is 6.73. The maximum absolute atomic E-state index is 14.1. The maximum atomic E-state index is 14.1. The third-order valence-corrected chi connectivity index (χ3v) is 8.78. The molecular formula is C31H31N3O5S2. The van der Waals surface area contributed by atoms with Crippen molar-refractivity contribution in [3.63, 3.8) is 0 Å². The highest BCUT2D eigenvalue weighted by Gasteiger charge is 2.36. The van der Waals surface area contributed by atoms with Gasteiger partial charge in [0.2, 0.25) is 0 Å². The SMILES string of the molecule is CCN(CC)C(=O)C1=C(C)N=c2s/c(=C/c3ccc(Sc4ccccc4)o3)c(=O)n2[C@H]1c1cc(OC)ccc1OC. The van der Waals surface area contributed by atoms with Crippen molar-refractivity contribution in [2.45, 2.75) is 36.8 Å². The molecule has 212 valence electrons. The molecule has 2 aromatic carbocycles. The average Bonchev–Trinajstić information content (AvgIpc) is 3.55. The third-order valence-electron chi connectivity index (χ3n) is 6.87. The molecule has 0 aliphatic carbocycles. The van der Waals surface area contributed by atoms with Crippen LogP contribution < -0.4 is 24.4 Å². The molecule has 3 heterocycles. The molecule has 1 aliphatic heterocycles. The van der Waals surface area contributed by atoms with Crippen LogP contribution in [0, 0.1) is 0 Å². The Kier molecular flexibility index (Phi) is 8.51. The number of rotatable bonds is 9. The van der Waals surface area contributed by atoms with Gasteiger partial charge in [-0.25, -0.2) is 4.99 Å². The number of amides is 1. The topological polar surface area (TPSA) is 86.3 Å². The molecule has 8 nitrogen and oxygen atoms in total. The number of carbonyl (C=O) groups excluding carboxylic acids is 1. The van der Waals surface area contributed by atoms with Gasteiger partial charge in [-0.2, -0.15) is 0 Å². The molecule has 0 spiro atoms. The van der Waals surface area contributed by atoms with Crippen LogP contribution in [0.15, 0.2) is 96.1 Å². The van der Waals surface area contributed by atoms with Gasteiger partial charge in [-0.15, -0.1) is 0 Å². The second-order valence-electron chi connectivity index (χ2n) is 9.24. The molecule has 5 rings (SSSR count). The number of likely N-dealkylation sites (N-methyl/N-ethyl adjacent to an activating group) is 1. The van der Waals surface area contributed by atoms with Crippen LogP contribution in [0.25, 0.3) is 6.08 Å². The van der Waals surface area contributed by atoms with Gasteiger partial charge in [-0.3, -0.25) is 14.2 Å². The van der Waals surface area contributed by atoms with Crippen LogP contribution in [-0.4, -0.2) is 42.7 Å². The highest BCUT2D eigenvalue weighted by Crippen LogP contribution is 2.38. The number of ether oxygens (including phenoxy) is 2. The van der Waals surface area contributed by atoms with Crippen LogP contribution in [0.1, 0.15) is 38.1 Å². The molecule has 0 bridgehead atoms. The quantitative estimate of drug-likeness (QED) is 0.277. The van der Waals surface area contributed by atoms with Gasteiger partial charge in [0.05, 0.1) is 30.0 Å². The summed E-state index contributed by atoms with van der Waals surface area (Å²) in [5.74, 6) is 1.51. The second-order valence-corrected chi connectivity index (χ2v) is 11.3. The Morgan fingerprint density at radius 3 is 2.54 bits per heavy atom. The molecule has 41 heavy (non-hydrogen) atoms. The van der Waals surface area contributed by atoms with E-state index in [1.165, 1.54) is 23.1 Å². The number of thiazole rings is 1. The zero-order valence-corrected chi connectivity index (χ0v) is 25.2. The number of hydrogen-bond donors (Lipinski definition) is 0. The number of furan rings is 1. The van der Waals surface area contributed by atoms with Crippen molar-refractivity contribution >= 4 is 35.1 Å². The third kappa shape index (κ3) is 5.62. The summed E-state index contributed by atoms with van der Waals surface area (Å²) in [7, 11) is 3.15. The molecule has 1 amide bonds. The minimum Gasteiger partial charge on any atom is -0.497 e. The number of fused-ring (bicyclic) bond motifs is 1. The molecule has 0 N–H and O–H groups in total. The van der Waals surface area contributed by atoms with Gasteiger partial charge in [-0.1, -0.05) is 41.3 Å². The first-order valence-corrected chi connectivity index (χ1v) is 14.9. The standard InChI is InChI=1S/C31H31N3O5S2/c1-6-33(7-2)30(36)27-19(3)32-31-34(28(27)23-17-20(37-4)13-15-24(23)38-5)29(35)25(41-31)18-21-14-16-26(39-21)40-22-11-9-8-10-12-22/h8-18,28H,6-7H2,1-5H3/b25-18+/t28-/m0/s1. The summed E-state index contributed by atoms with van der Waals surface area (Å²) in [6, 6.07) is 18.3. The van der Waals surface area contributed by atoms with E-state index in [1.807, 2.05) is 69.3 Å². The fourth-order valence-corrected chi connectivity index (χ4v) is 6.65. The van der Waals surface area contributed by atoms with Crippen LogP contribution >= 0.6 is 23.1 Å². The van der Waals surface area contributed by atoms with Crippen LogP contribution in [0.5, 0.6) is 11.5 Å². The fraction of sp³-hybridized carbons (Fsp3) is 0.258. The predicted octanol–water partition coefficient (Wildman–Crippen LogP) is 4.87. The van der Waals surface area contributed by atoms with E-state index in [1.54, 1.807) is 41.9 Å². The van der Waals surface area contributed by atoms with E-state index in [2.05, 4.69) is 0 Å². The first-order chi connectivity index (χ1) is 19.9. The Labute approximate surface area is 246 Å². The van der Waals surface area contributed by atoms with Crippen molar-refractivity contribution in [3.8, 4) is 11.5 Å². The van der Waals surface area contributed by atoms with E-state index >= 15 is 0 Å². The van der Waals surface area contributed by atoms with Crippen molar-refractivity contribution < 1.29 is 18.7 Å². The molecule has 0 unspecified atom stereocenters. The zero-order chi connectivity index (χ0) is 29.1. The van der Waals surface area contributed by atoms with Gasteiger partial charge < -0.3 is 18.8 Å². The summed E-state index contributed by atoms with van der Waals surface area (Å²) < 4.78 is 19.3. The first kappa shape index (κ1) is 28.5.